The van der Waals surface area contributed by atoms with Gasteiger partial charge < -0.3 is 15.6 Å². The van der Waals surface area contributed by atoms with Crippen LogP contribution in [0.2, 0.25) is 0 Å². The number of cyclic esters (lactones) is 1. The van der Waals surface area contributed by atoms with Gasteiger partial charge in [0.1, 0.15) is 16.3 Å². The Bertz CT molecular complexity index is 882. The van der Waals surface area contributed by atoms with Crippen molar-refractivity contribution in [3.8, 4) is 0 Å². The summed E-state index contributed by atoms with van der Waals surface area (Å²) in [6, 6.07) is 19.3. The van der Waals surface area contributed by atoms with Gasteiger partial charge in [-0.05, 0) is 30.4 Å². The van der Waals surface area contributed by atoms with E-state index in [0.29, 0.717) is 18.6 Å². The van der Waals surface area contributed by atoms with Crippen LogP contribution in [-0.2, 0) is 26.3 Å². The molecule has 0 fully saturated rings. The van der Waals surface area contributed by atoms with Crippen LogP contribution in [-0.4, -0.2) is 22.7 Å². The first-order chi connectivity index (χ1) is 14.0. The van der Waals surface area contributed by atoms with E-state index in [1.54, 1.807) is 0 Å². The van der Waals surface area contributed by atoms with Crippen molar-refractivity contribution in [2.45, 2.75) is 37.7 Å². The van der Waals surface area contributed by atoms with Crippen molar-refractivity contribution in [3.63, 3.8) is 0 Å². The summed E-state index contributed by atoms with van der Waals surface area (Å²) in [5.41, 5.74) is 6.25. The maximum absolute atomic E-state index is 12.8. The molecule has 1 amide bonds. The third-order valence-electron chi connectivity index (χ3n) is 4.97. The maximum Gasteiger partial charge on any atom is 0.348 e. The number of carbonyl (C=O) groups is 2. The van der Waals surface area contributed by atoms with Crippen LogP contribution in [0.15, 0.2) is 71.3 Å². The summed E-state index contributed by atoms with van der Waals surface area (Å²) in [5.74, 6) is -0.206. The van der Waals surface area contributed by atoms with Gasteiger partial charge >= 0.3 is 5.97 Å². The summed E-state index contributed by atoms with van der Waals surface area (Å²) in [5, 5.41) is 10.7. The Morgan fingerprint density at radius 3 is 2.38 bits per heavy atom. The van der Waals surface area contributed by atoms with Crippen LogP contribution in [0.25, 0.3) is 0 Å². The Labute approximate surface area is 175 Å². The van der Waals surface area contributed by atoms with Gasteiger partial charge in [-0.2, -0.15) is 0 Å². The molecule has 0 bridgehead atoms. The summed E-state index contributed by atoms with van der Waals surface area (Å²) in [6.45, 7) is 0. The molecule has 0 aliphatic carbocycles. The first kappa shape index (κ1) is 21.0. The molecule has 152 valence electrons. The lowest BCUT2D eigenvalue weighted by Gasteiger charge is -2.37. The lowest BCUT2D eigenvalue weighted by molar-refractivity contribution is -0.160. The minimum atomic E-state index is -0.985. The molecule has 5 nitrogen and oxygen atoms in total. The Morgan fingerprint density at radius 1 is 1.10 bits per heavy atom. The topological polar surface area (TPSA) is 89.6 Å². The summed E-state index contributed by atoms with van der Waals surface area (Å²) < 4.78 is 5.90. The van der Waals surface area contributed by atoms with Gasteiger partial charge in [0, 0.05) is 12.2 Å². The Morgan fingerprint density at radius 2 is 1.76 bits per heavy atom. The van der Waals surface area contributed by atoms with Crippen molar-refractivity contribution in [2.24, 2.45) is 5.73 Å². The molecular formula is C23H25NO4S. The number of amides is 1. The molecule has 0 saturated heterocycles. The molecule has 2 aromatic rings. The van der Waals surface area contributed by atoms with Crippen molar-refractivity contribution in [3.05, 3.63) is 82.5 Å². The lowest BCUT2D eigenvalue weighted by Crippen LogP contribution is -2.37. The van der Waals surface area contributed by atoms with Crippen LogP contribution < -0.4 is 5.73 Å². The molecule has 29 heavy (non-hydrogen) atoms. The summed E-state index contributed by atoms with van der Waals surface area (Å²) in [7, 11) is 0. The zero-order chi connectivity index (χ0) is 20.7. The molecule has 0 aromatic heterocycles. The van der Waals surface area contributed by atoms with Crippen LogP contribution in [0.1, 0.15) is 36.8 Å². The van der Waals surface area contributed by atoms with E-state index in [9.17, 15) is 14.7 Å². The fourth-order valence-electron chi connectivity index (χ4n) is 3.52. The molecule has 1 unspecified atom stereocenters. The molecule has 2 aromatic carbocycles. The molecule has 0 radical (unpaired) electrons. The van der Waals surface area contributed by atoms with E-state index >= 15 is 0 Å². The Balaban J connectivity index is 1.75. The highest BCUT2D eigenvalue weighted by atomic mass is 32.2. The number of esters is 1. The standard InChI is InChI=1S/C23H25NO4S/c24-20(26)12-7-14-23(18-10-5-2-6-11-18)16-19(25)21(22(27)28-23)29-15-13-17-8-3-1-4-9-17/h1-6,8-11,25H,7,12-16H2,(H2,24,26). The van der Waals surface area contributed by atoms with Crippen LogP contribution in [0.4, 0.5) is 0 Å². The van der Waals surface area contributed by atoms with Crippen molar-refractivity contribution < 1.29 is 19.4 Å². The zero-order valence-corrected chi connectivity index (χ0v) is 17.0. The largest absolute Gasteiger partial charge is 0.511 e. The number of aryl methyl sites for hydroxylation is 1. The monoisotopic (exact) mass is 411 g/mol. The second-order valence-corrected chi connectivity index (χ2v) is 8.21. The smallest absolute Gasteiger partial charge is 0.348 e. The van der Waals surface area contributed by atoms with Crippen molar-refractivity contribution >= 4 is 23.6 Å². The fourth-order valence-corrected chi connectivity index (χ4v) is 4.46. The van der Waals surface area contributed by atoms with Crippen LogP contribution in [0.3, 0.4) is 0 Å². The molecule has 1 aliphatic heterocycles. The van der Waals surface area contributed by atoms with Crippen LogP contribution >= 0.6 is 11.8 Å². The van der Waals surface area contributed by atoms with Gasteiger partial charge in [-0.15, -0.1) is 11.8 Å². The number of aliphatic hydroxyl groups excluding tert-OH is 1. The number of aliphatic hydroxyl groups is 1. The number of thioether (sulfide) groups is 1. The average molecular weight is 412 g/mol. The molecule has 0 spiro atoms. The number of primary amides is 1. The SMILES string of the molecule is NC(=O)CCCC1(c2ccccc2)CC(O)=C(SCCc2ccccc2)C(=O)O1. The Hall–Kier alpha value is -2.73. The highest BCUT2D eigenvalue weighted by Gasteiger charge is 2.43. The van der Waals surface area contributed by atoms with E-state index in [-0.39, 0.29) is 23.5 Å². The van der Waals surface area contributed by atoms with Gasteiger partial charge in [0.05, 0.1) is 6.42 Å². The minimum absolute atomic E-state index is 0.0437. The zero-order valence-electron chi connectivity index (χ0n) is 16.2. The van der Waals surface area contributed by atoms with Gasteiger partial charge in [0.25, 0.3) is 0 Å². The van der Waals surface area contributed by atoms with E-state index in [4.69, 9.17) is 10.5 Å². The van der Waals surface area contributed by atoms with Crippen LogP contribution in [0, 0.1) is 0 Å². The molecule has 6 heteroatoms. The van der Waals surface area contributed by atoms with Gasteiger partial charge in [-0.25, -0.2) is 4.79 Å². The number of benzene rings is 2. The number of rotatable bonds is 9. The van der Waals surface area contributed by atoms with E-state index < -0.39 is 17.5 Å². The van der Waals surface area contributed by atoms with E-state index in [1.165, 1.54) is 17.3 Å². The predicted octanol–water partition coefficient (Wildman–Crippen LogP) is 4.23. The number of hydrogen-bond acceptors (Lipinski definition) is 5. The molecule has 1 aliphatic rings. The molecule has 3 N–H and O–H groups in total. The molecule has 3 rings (SSSR count). The van der Waals surface area contributed by atoms with Gasteiger partial charge in [-0.3, -0.25) is 4.79 Å². The minimum Gasteiger partial charge on any atom is -0.511 e. The number of nitrogens with two attached hydrogens (primary N) is 1. The molecule has 0 saturated carbocycles. The quantitative estimate of drug-likeness (QED) is 0.603. The summed E-state index contributed by atoms with van der Waals surface area (Å²) in [6.07, 6.45) is 2.07. The van der Waals surface area contributed by atoms with Gasteiger partial charge in [-0.1, -0.05) is 60.7 Å². The van der Waals surface area contributed by atoms with Crippen LogP contribution in [0.5, 0.6) is 0 Å². The Kier molecular flexibility index (Phi) is 6.99. The first-order valence-electron chi connectivity index (χ1n) is 9.66. The normalized spacial score (nSPS) is 19.1. The number of ether oxygens (including phenoxy) is 1. The second kappa shape index (κ2) is 9.65. The fraction of sp³-hybridized carbons (Fsp3) is 0.304. The number of carbonyl (C=O) groups excluding carboxylic acids is 2. The van der Waals surface area contributed by atoms with E-state index in [0.717, 1.165) is 12.0 Å². The second-order valence-electron chi connectivity index (χ2n) is 7.11. The maximum atomic E-state index is 12.8. The van der Waals surface area contributed by atoms with Crippen molar-refractivity contribution in [1.29, 1.82) is 0 Å². The number of hydrogen-bond donors (Lipinski definition) is 2. The predicted molar refractivity (Wildman–Crippen MR) is 114 cm³/mol. The summed E-state index contributed by atoms with van der Waals surface area (Å²) >= 11 is 1.31. The average Bonchev–Trinajstić information content (AvgIpc) is 2.71. The van der Waals surface area contributed by atoms with Gasteiger partial charge in [0.15, 0.2) is 0 Å². The highest BCUT2D eigenvalue weighted by Crippen LogP contribution is 2.43. The van der Waals surface area contributed by atoms with E-state index in [1.807, 2.05) is 60.7 Å². The van der Waals surface area contributed by atoms with Crippen molar-refractivity contribution in [1.82, 2.24) is 0 Å². The van der Waals surface area contributed by atoms with Crippen molar-refractivity contribution in [2.75, 3.05) is 5.75 Å². The molecular weight excluding hydrogens is 386 g/mol. The third-order valence-corrected chi connectivity index (χ3v) is 6.07. The van der Waals surface area contributed by atoms with E-state index in [2.05, 4.69) is 0 Å². The molecule has 1 heterocycles. The first-order valence-corrected chi connectivity index (χ1v) is 10.6. The summed E-state index contributed by atoms with van der Waals surface area (Å²) in [4.78, 5) is 24.2. The molecule has 1 atom stereocenters. The lowest BCUT2D eigenvalue weighted by atomic mass is 9.83. The third kappa shape index (κ3) is 5.41. The van der Waals surface area contributed by atoms with Gasteiger partial charge in [0.2, 0.25) is 5.91 Å². The highest BCUT2D eigenvalue weighted by molar-refractivity contribution is 8.04.